The first kappa shape index (κ1) is 24.6. The molecule has 0 N–H and O–H groups in total. The number of benzene rings is 2. The minimum atomic E-state index is -0.633. The molecule has 1 aliphatic rings. The van der Waals surface area contributed by atoms with Gasteiger partial charge in [-0.1, -0.05) is 36.4 Å². The highest BCUT2D eigenvalue weighted by Gasteiger charge is 2.36. The molecule has 4 rings (SSSR count). The summed E-state index contributed by atoms with van der Waals surface area (Å²) in [6.45, 7) is 0.309. The van der Waals surface area contributed by atoms with Crippen molar-refractivity contribution in [3.8, 4) is 5.75 Å². The maximum Gasteiger partial charge on any atom is 0.264 e. The highest BCUT2D eigenvalue weighted by molar-refractivity contribution is 7.12. The van der Waals surface area contributed by atoms with Gasteiger partial charge in [0.2, 0.25) is 0 Å². The standard InChI is InChI=1S/C26H26FN3O4S/c1-33-13-12-29(26(32)24-11-6-14-35-24)17-25(31)30-23(20-9-3-4-10-21(20)27)16-22(28-30)18-7-5-8-19(15-18)34-2/h3-11,14-15,23H,12-13,16-17H2,1-2H3/t23-/m1/s1. The topological polar surface area (TPSA) is 71.4 Å². The van der Waals surface area contributed by atoms with E-state index in [-0.39, 0.29) is 25.6 Å². The molecule has 0 bridgehead atoms. The highest BCUT2D eigenvalue weighted by Crippen LogP contribution is 2.34. The first-order valence-electron chi connectivity index (χ1n) is 11.1. The van der Waals surface area contributed by atoms with Crippen molar-refractivity contribution >= 4 is 28.9 Å². The number of halogens is 1. The second kappa shape index (κ2) is 11.2. The molecule has 0 saturated carbocycles. The predicted molar refractivity (Wildman–Crippen MR) is 132 cm³/mol. The molecule has 182 valence electrons. The number of thiophene rings is 1. The van der Waals surface area contributed by atoms with E-state index >= 15 is 0 Å². The zero-order valence-corrected chi connectivity index (χ0v) is 20.3. The molecule has 0 aliphatic carbocycles. The Morgan fingerprint density at radius 1 is 1.14 bits per heavy atom. The summed E-state index contributed by atoms with van der Waals surface area (Å²) in [5.74, 6) is -0.422. The number of amides is 2. The number of hydrazone groups is 1. The fourth-order valence-electron chi connectivity index (χ4n) is 3.95. The normalized spacial score (nSPS) is 15.1. The molecule has 3 aromatic rings. The maximum absolute atomic E-state index is 14.8. The number of rotatable bonds is 9. The van der Waals surface area contributed by atoms with Crippen LogP contribution in [0, 0.1) is 5.82 Å². The first-order valence-corrected chi connectivity index (χ1v) is 12.0. The average molecular weight is 496 g/mol. The number of hydrogen-bond acceptors (Lipinski definition) is 6. The number of ether oxygens (including phenoxy) is 2. The second-order valence-electron chi connectivity index (χ2n) is 7.96. The summed E-state index contributed by atoms with van der Waals surface area (Å²) in [6, 6.07) is 16.6. The van der Waals surface area contributed by atoms with Crippen LogP contribution in [0.15, 0.2) is 71.1 Å². The minimum absolute atomic E-state index is 0.208. The van der Waals surface area contributed by atoms with E-state index in [4.69, 9.17) is 9.47 Å². The van der Waals surface area contributed by atoms with Crippen LogP contribution >= 0.6 is 11.3 Å². The van der Waals surface area contributed by atoms with Crippen molar-refractivity contribution in [2.75, 3.05) is 33.9 Å². The van der Waals surface area contributed by atoms with Gasteiger partial charge in [0.25, 0.3) is 11.8 Å². The summed E-state index contributed by atoms with van der Waals surface area (Å²) in [5, 5.41) is 7.71. The first-order chi connectivity index (χ1) is 17.0. The molecule has 0 saturated heterocycles. The second-order valence-corrected chi connectivity index (χ2v) is 8.90. The molecule has 2 aromatic carbocycles. The monoisotopic (exact) mass is 495 g/mol. The van der Waals surface area contributed by atoms with Gasteiger partial charge in [0, 0.05) is 31.2 Å². The smallest absolute Gasteiger partial charge is 0.264 e. The van der Waals surface area contributed by atoms with E-state index in [2.05, 4.69) is 5.10 Å². The van der Waals surface area contributed by atoms with Crippen molar-refractivity contribution < 1.29 is 23.5 Å². The Hall–Kier alpha value is -3.56. The Morgan fingerprint density at radius 3 is 2.69 bits per heavy atom. The van der Waals surface area contributed by atoms with Gasteiger partial charge in [-0.2, -0.15) is 5.10 Å². The van der Waals surface area contributed by atoms with E-state index in [0.717, 1.165) is 5.56 Å². The maximum atomic E-state index is 14.8. The van der Waals surface area contributed by atoms with Gasteiger partial charge in [-0.05, 0) is 29.6 Å². The minimum Gasteiger partial charge on any atom is -0.497 e. The summed E-state index contributed by atoms with van der Waals surface area (Å²) in [7, 11) is 3.11. The van der Waals surface area contributed by atoms with E-state index < -0.39 is 17.8 Å². The molecule has 1 atom stereocenters. The van der Waals surface area contributed by atoms with Gasteiger partial charge < -0.3 is 14.4 Å². The Kier molecular flexibility index (Phi) is 7.89. The number of carbonyl (C=O) groups is 2. The Labute approximate surface area is 207 Å². The summed E-state index contributed by atoms with van der Waals surface area (Å²) >= 11 is 1.31. The lowest BCUT2D eigenvalue weighted by atomic mass is 9.98. The van der Waals surface area contributed by atoms with E-state index in [1.807, 2.05) is 29.6 Å². The number of nitrogens with zero attached hydrogens (tertiary/aromatic N) is 3. The van der Waals surface area contributed by atoms with Gasteiger partial charge in [0.15, 0.2) is 0 Å². The van der Waals surface area contributed by atoms with Crippen LogP contribution < -0.4 is 4.74 Å². The van der Waals surface area contributed by atoms with Crippen molar-refractivity contribution in [3.05, 3.63) is 87.9 Å². The van der Waals surface area contributed by atoms with E-state index in [9.17, 15) is 14.0 Å². The number of methoxy groups -OCH3 is 2. The lowest BCUT2D eigenvalue weighted by molar-refractivity contribution is -0.133. The molecule has 35 heavy (non-hydrogen) atoms. The third kappa shape index (κ3) is 5.58. The van der Waals surface area contributed by atoms with Crippen LogP contribution in [-0.4, -0.2) is 61.4 Å². The summed E-state index contributed by atoms with van der Waals surface area (Å²) in [4.78, 5) is 28.5. The van der Waals surface area contributed by atoms with Crippen molar-refractivity contribution in [2.24, 2.45) is 5.10 Å². The van der Waals surface area contributed by atoms with Crippen LogP contribution in [0.2, 0.25) is 0 Å². The molecule has 0 unspecified atom stereocenters. The van der Waals surface area contributed by atoms with Gasteiger partial charge in [0.05, 0.1) is 30.3 Å². The molecule has 2 heterocycles. The summed E-state index contributed by atoms with van der Waals surface area (Å²) < 4.78 is 25.2. The molecular formula is C26H26FN3O4S. The van der Waals surface area contributed by atoms with E-state index in [1.54, 1.807) is 37.4 Å². The Morgan fingerprint density at radius 2 is 1.97 bits per heavy atom. The Balaban J connectivity index is 1.65. The lowest BCUT2D eigenvalue weighted by Gasteiger charge is -2.26. The molecule has 0 spiro atoms. The van der Waals surface area contributed by atoms with Crippen molar-refractivity contribution in [1.82, 2.24) is 9.91 Å². The van der Waals surface area contributed by atoms with Crippen molar-refractivity contribution in [2.45, 2.75) is 12.5 Å². The van der Waals surface area contributed by atoms with Crippen LogP contribution in [0.4, 0.5) is 4.39 Å². The number of carbonyl (C=O) groups excluding carboxylic acids is 2. The Bertz CT molecular complexity index is 1210. The van der Waals surface area contributed by atoms with Gasteiger partial charge in [-0.25, -0.2) is 9.40 Å². The number of hydrogen-bond donors (Lipinski definition) is 0. The third-order valence-corrected chi connectivity index (χ3v) is 6.60. The van der Waals surface area contributed by atoms with Crippen LogP contribution in [0.25, 0.3) is 0 Å². The highest BCUT2D eigenvalue weighted by atomic mass is 32.1. The third-order valence-electron chi connectivity index (χ3n) is 5.74. The summed E-state index contributed by atoms with van der Waals surface area (Å²) in [6.07, 6.45) is 0.330. The van der Waals surface area contributed by atoms with Crippen LogP contribution in [-0.2, 0) is 9.53 Å². The van der Waals surface area contributed by atoms with Crippen molar-refractivity contribution in [3.63, 3.8) is 0 Å². The molecular weight excluding hydrogens is 469 g/mol. The molecule has 7 nitrogen and oxygen atoms in total. The zero-order valence-electron chi connectivity index (χ0n) is 19.5. The van der Waals surface area contributed by atoms with Gasteiger partial charge in [-0.15, -0.1) is 11.3 Å². The van der Waals surface area contributed by atoms with E-state index in [1.165, 1.54) is 34.4 Å². The molecule has 2 amide bonds. The molecule has 9 heteroatoms. The van der Waals surface area contributed by atoms with Crippen LogP contribution in [0.1, 0.15) is 33.3 Å². The fraction of sp³-hybridized carbons (Fsp3) is 0.269. The molecule has 0 fully saturated rings. The molecule has 0 radical (unpaired) electrons. The van der Waals surface area contributed by atoms with Gasteiger partial charge >= 0.3 is 0 Å². The zero-order chi connectivity index (χ0) is 24.8. The van der Waals surface area contributed by atoms with Crippen LogP contribution in [0.5, 0.6) is 5.75 Å². The van der Waals surface area contributed by atoms with Crippen LogP contribution in [0.3, 0.4) is 0 Å². The molecule has 1 aliphatic heterocycles. The van der Waals surface area contributed by atoms with Gasteiger partial charge in [0.1, 0.15) is 18.1 Å². The fourth-order valence-corrected chi connectivity index (χ4v) is 4.64. The van der Waals surface area contributed by atoms with E-state index in [0.29, 0.717) is 28.3 Å². The van der Waals surface area contributed by atoms with Crippen molar-refractivity contribution in [1.29, 1.82) is 0 Å². The van der Waals surface area contributed by atoms with Gasteiger partial charge in [-0.3, -0.25) is 9.59 Å². The SMILES string of the molecule is COCCN(CC(=O)N1N=C(c2cccc(OC)c2)C[C@@H]1c1ccccc1F)C(=O)c1cccs1. The quantitative estimate of drug-likeness (QED) is 0.442. The summed E-state index contributed by atoms with van der Waals surface area (Å²) in [5.41, 5.74) is 1.79. The average Bonchev–Trinajstić information content (AvgIpc) is 3.57. The largest absolute Gasteiger partial charge is 0.497 e. The lowest BCUT2D eigenvalue weighted by Crippen LogP contribution is -2.42. The molecule has 1 aromatic heterocycles. The predicted octanol–water partition coefficient (Wildman–Crippen LogP) is 4.36.